The zero-order valence-corrected chi connectivity index (χ0v) is 13.4. The largest absolute Gasteiger partial charge is 0.481 e. The van der Waals surface area contributed by atoms with E-state index in [0.717, 1.165) is 0 Å². The van der Waals surface area contributed by atoms with E-state index in [2.05, 4.69) is 4.98 Å². The molecule has 1 atom stereocenters. The first-order valence-corrected chi connectivity index (χ1v) is 8.44. The van der Waals surface area contributed by atoms with Crippen molar-refractivity contribution < 1.29 is 18.3 Å². The van der Waals surface area contributed by atoms with Crippen molar-refractivity contribution in [3.05, 3.63) is 27.4 Å². The first-order valence-electron chi connectivity index (χ1n) is 6.62. The summed E-state index contributed by atoms with van der Waals surface area (Å²) in [5.41, 5.74) is 0.712. The fourth-order valence-corrected chi connectivity index (χ4v) is 2.95. The van der Waals surface area contributed by atoms with Gasteiger partial charge in [-0.3, -0.25) is 9.36 Å². The third kappa shape index (κ3) is 3.90. The molecule has 0 radical (unpaired) electrons. The summed E-state index contributed by atoms with van der Waals surface area (Å²) in [7, 11) is -3.21. The highest BCUT2D eigenvalue weighted by Gasteiger charge is 2.22. The second-order valence-corrected chi connectivity index (χ2v) is 7.40. The van der Waals surface area contributed by atoms with Gasteiger partial charge >= 0.3 is 11.7 Å². The lowest BCUT2D eigenvalue weighted by atomic mass is 9.98. The lowest BCUT2D eigenvalue weighted by Crippen LogP contribution is -2.31. The predicted octanol–water partition coefficient (Wildman–Crippen LogP) is 0.483. The van der Waals surface area contributed by atoms with Crippen molar-refractivity contribution in [2.75, 3.05) is 11.5 Å². The molecular weight excluding hydrogens is 296 g/mol. The van der Waals surface area contributed by atoms with Crippen LogP contribution in [0.5, 0.6) is 0 Å². The molecule has 1 rings (SSSR count). The minimum atomic E-state index is -3.21. The van der Waals surface area contributed by atoms with Gasteiger partial charge in [0.15, 0.2) is 9.84 Å². The standard InChI is InChI=1S/C13H20N2O5S/c1-5-21(19,20)7-6-15-10(4)11(8(2)12(16)17)9(3)14-13(15)18/h8H,5-7H2,1-4H3,(H,16,17). The quantitative estimate of drug-likeness (QED) is 0.818. The molecule has 1 aromatic heterocycles. The summed E-state index contributed by atoms with van der Waals surface area (Å²) >= 11 is 0. The monoisotopic (exact) mass is 316 g/mol. The van der Waals surface area contributed by atoms with Gasteiger partial charge in [0.2, 0.25) is 0 Å². The molecule has 0 bridgehead atoms. The number of aromatic nitrogens is 2. The number of aliphatic carboxylic acids is 1. The summed E-state index contributed by atoms with van der Waals surface area (Å²) in [6.07, 6.45) is 0. The van der Waals surface area contributed by atoms with Gasteiger partial charge < -0.3 is 5.11 Å². The van der Waals surface area contributed by atoms with Crippen molar-refractivity contribution in [3.8, 4) is 0 Å². The molecule has 118 valence electrons. The molecule has 21 heavy (non-hydrogen) atoms. The minimum absolute atomic E-state index is 0.00151. The first kappa shape index (κ1) is 17.4. The number of hydrogen-bond acceptors (Lipinski definition) is 5. The molecule has 0 aliphatic heterocycles. The SMILES string of the molecule is CCS(=O)(=O)CCn1c(C)c(C(C)C(=O)O)c(C)nc1=O. The van der Waals surface area contributed by atoms with Crippen molar-refractivity contribution in [3.63, 3.8) is 0 Å². The maximum absolute atomic E-state index is 11.9. The first-order chi connectivity index (χ1) is 9.60. The second-order valence-electron chi connectivity index (χ2n) is 4.93. The third-order valence-corrected chi connectivity index (χ3v) is 5.23. The average molecular weight is 316 g/mol. The van der Waals surface area contributed by atoms with Gasteiger partial charge in [0.25, 0.3) is 0 Å². The van der Waals surface area contributed by atoms with E-state index >= 15 is 0 Å². The Bertz CT molecular complexity index is 706. The summed E-state index contributed by atoms with van der Waals surface area (Å²) in [5, 5.41) is 9.13. The molecule has 0 spiro atoms. The molecule has 0 aromatic carbocycles. The molecule has 0 aliphatic rings. The van der Waals surface area contributed by atoms with Gasteiger partial charge in [-0.25, -0.2) is 13.2 Å². The van der Waals surface area contributed by atoms with Crippen molar-refractivity contribution in [2.45, 2.75) is 40.2 Å². The summed E-state index contributed by atoms with van der Waals surface area (Å²) in [6.45, 7) is 6.22. The third-order valence-electron chi connectivity index (χ3n) is 3.55. The molecule has 0 fully saturated rings. The molecule has 0 saturated carbocycles. The van der Waals surface area contributed by atoms with Crippen molar-refractivity contribution in [1.82, 2.24) is 9.55 Å². The number of nitrogens with zero attached hydrogens (tertiary/aromatic N) is 2. The fourth-order valence-electron chi connectivity index (χ4n) is 2.20. The Kier molecular flexibility index (Phi) is 5.27. The number of rotatable bonds is 6. The van der Waals surface area contributed by atoms with Crippen molar-refractivity contribution in [1.29, 1.82) is 0 Å². The molecule has 7 nitrogen and oxygen atoms in total. The lowest BCUT2D eigenvalue weighted by Gasteiger charge is -2.17. The van der Waals surface area contributed by atoms with Gasteiger partial charge in [-0.15, -0.1) is 0 Å². The molecule has 1 N–H and O–H groups in total. The van der Waals surface area contributed by atoms with Gasteiger partial charge in [0, 0.05) is 29.2 Å². The maximum Gasteiger partial charge on any atom is 0.348 e. The van der Waals surface area contributed by atoms with Crippen LogP contribution < -0.4 is 5.69 Å². The maximum atomic E-state index is 11.9. The van der Waals surface area contributed by atoms with Crippen LogP contribution in [-0.2, 0) is 21.2 Å². The van der Waals surface area contributed by atoms with Gasteiger partial charge in [-0.1, -0.05) is 6.92 Å². The summed E-state index contributed by atoms with van der Waals surface area (Å²) in [5.74, 6) is -2.00. The fraction of sp³-hybridized carbons (Fsp3) is 0.615. The van der Waals surface area contributed by atoms with E-state index in [1.165, 1.54) is 18.4 Å². The Hall–Kier alpha value is -1.70. The minimum Gasteiger partial charge on any atom is -0.481 e. The Labute approximate surface area is 123 Å². The zero-order chi connectivity index (χ0) is 16.4. The van der Waals surface area contributed by atoms with Gasteiger partial charge in [0.1, 0.15) is 0 Å². The number of sulfone groups is 1. The number of aryl methyl sites for hydroxylation is 1. The van der Waals surface area contributed by atoms with Crippen molar-refractivity contribution in [2.24, 2.45) is 0 Å². The van der Waals surface area contributed by atoms with E-state index in [1.807, 2.05) is 0 Å². The van der Waals surface area contributed by atoms with Gasteiger partial charge in [-0.2, -0.15) is 4.98 Å². The topological polar surface area (TPSA) is 106 Å². The van der Waals surface area contributed by atoms with E-state index in [9.17, 15) is 18.0 Å². The Morgan fingerprint density at radius 1 is 1.38 bits per heavy atom. The van der Waals surface area contributed by atoms with Crippen LogP contribution in [0.1, 0.15) is 36.7 Å². The Morgan fingerprint density at radius 2 is 1.95 bits per heavy atom. The van der Waals surface area contributed by atoms with E-state index in [1.54, 1.807) is 13.8 Å². The van der Waals surface area contributed by atoms with Crippen LogP contribution in [0.2, 0.25) is 0 Å². The molecule has 0 saturated heterocycles. The van der Waals surface area contributed by atoms with Crippen molar-refractivity contribution >= 4 is 15.8 Å². The number of hydrogen-bond donors (Lipinski definition) is 1. The molecule has 1 unspecified atom stereocenters. The highest BCUT2D eigenvalue weighted by molar-refractivity contribution is 7.91. The Morgan fingerprint density at radius 3 is 2.43 bits per heavy atom. The van der Waals surface area contributed by atoms with E-state index < -0.39 is 27.4 Å². The van der Waals surface area contributed by atoms with Gasteiger partial charge in [0.05, 0.1) is 11.7 Å². The molecule has 0 amide bonds. The van der Waals surface area contributed by atoms with Crippen LogP contribution in [-0.4, -0.2) is 40.6 Å². The Balaban J connectivity index is 3.32. The van der Waals surface area contributed by atoms with E-state index in [0.29, 0.717) is 17.0 Å². The zero-order valence-electron chi connectivity index (χ0n) is 12.6. The van der Waals surface area contributed by atoms with Crippen LogP contribution in [0.3, 0.4) is 0 Å². The van der Waals surface area contributed by atoms with E-state index in [4.69, 9.17) is 5.11 Å². The van der Waals surface area contributed by atoms with Crippen LogP contribution in [0.25, 0.3) is 0 Å². The lowest BCUT2D eigenvalue weighted by molar-refractivity contribution is -0.138. The second kappa shape index (κ2) is 6.38. The predicted molar refractivity (Wildman–Crippen MR) is 78.3 cm³/mol. The smallest absolute Gasteiger partial charge is 0.348 e. The molecular formula is C13H20N2O5S. The molecule has 0 aliphatic carbocycles. The average Bonchev–Trinajstić information content (AvgIpc) is 2.37. The number of carboxylic acids is 1. The summed E-state index contributed by atoms with van der Waals surface area (Å²) < 4.78 is 24.3. The number of carbonyl (C=O) groups is 1. The van der Waals surface area contributed by atoms with Crippen LogP contribution in [0, 0.1) is 13.8 Å². The van der Waals surface area contributed by atoms with E-state index in [-0.39, 0.29) is 18.1 Å². The summed E-state index contributed by atoms with van der Waals surface area (Å²) in [6, 6.07) is 0. The normalized spacial score (nSPS) is 13.1. The van der Waals surface area contributed by atoms with Gasteiger partial charge in [-0.05, 0) is 20.8 Å². The van der Waals surface area contributed by atoms with Crippen LogP contribution in [0.4, 0.5) is 0 Å². The molecule has 8 heteroatoms. The number of carboxylic acid groups (broad SMARTS) is 1. The summed E-state index contributed by atoms with van der Waals surface area (Å²) in [4.78, 5) is 26.9. The van der Waals surface area contributed by atoms with Crippen LogP contribution >= 0.6 is 0 Å². The highest BCUT2D eigenvalue weighted by atomic mass is 32.2. The highest BCUT2D eigenvalue weighted by Crippen LogP contribution is 2.21. The molecule has 1 heterocycles. The van der Waals surface area contributed by atoms with Crippen LogP contribution in [0.15, 0.2) is 4.79 Å². The molecule has 1 aromatic rings.